The molecule has 2 heterocycles. The van der Waals surface area contributed by atoms with Crippen molar-refractivity contribution in [3.63, 3.8) is 0 Å². The van der Waals surface area contributed by atoms with Gasteiger partial charge in [-0.2, -0.15) is 0 Å². The van der Waals surface area contributed by atoms with Crippen LogP contribution in [-0.4, -0.2) is 19.8 Å². The van der Waals surface area contributed by atoms with Crippen LogP contribution in [0.3, 0.4) is 0 Å². The molecule has 2 unspecified atom stereocenters. The number of hydrogen-bond acceptors (Lipinski definition) is 3. The van der Waals surface area contributed by atoms with Crippen molar-refractivity contribution in [3.8, 4) is 0 Å². The third-order valence-corrected chi connectivity index (χ3v) is 3.91. The molecule has 4 heteroatoms. The van der Waals surface area contributed by atoms with Crippen LogP contribution in [0.4, 0.5) is 0 Å². The summed E-state index contributed by atoms with van der Waals surface area (Å²) in [6.45, 7) is 4.97. The topological polar surface area (TPSA) is 34.4 Å². The predicted molar refractivity (Wildman–Crippen MR) is 71.0 cm³/mol. The summed E-state index contributed by atoms with van der Waals surface area (Å²) in [5, 5.41) is 3.61. The van der Waals surface area contributed by atoms with Crippen LogP contribution < -0.4 is 5.32 Å². The SMILES string of the molecule is CCCNC(c1ccoc1Br)C1CCCOC1. The van der Waals surface area contributed by atoms with E-state index in [0.717, 1.165) is 37.3 Å². The van der Waals surface area contributed by atoms with Crippen molar-refractivity contribution in [1.29, 1.82) is 0 Å². The molecule has 2 atom stereocenters. The zero-order valence-electron chi connectivity index (χ0n) is 10.2. The lowest BCUT2D eigenvalue weighted by Crippen LogP contribution is -2.33. The minimum absolute atomic E-state index is 0.336. The number of rotatable bonds is 5. The average Bonchev–Trinajstić information content (AvgIpc) is 2.78. The molecular weight excluding hydrogens is 282 g/mol. The van der Waals surface area contributed by atoms with Crippen LogP contribution in [0.1, 0.15) is 37.8 Å². The van der Waals surface area contributed by atoms with Gasteiger partial charge in [-0.15, -0.1) is 0 Å². The Morgan fingerprint density at radius 2 is 2.47 bits per heavy atom. The molecule has 3 nitrogen and oxygen atoms in total. The fourth-order valence-corrected chi connectivity index (χ4v) is 2.87. The zero-order chi connectivity index (χ0) is 12.1. The van der Waals surface area contributed by atoms with Crippen molar-refractivity contribution in [1.82, 2.24) is 5.32 Å². The summed E-state index contributed by atoms with van der Waals surface area (Å²) in [5.41, 5.74) is 1.22. The first-order chi connectivity index (χ1) is 8.33. The third kappa shape index (κ3) is 3.33. The molecule has 1 fully saturated rings. The number of hydrogen-bond donors (Lipinski definition) is 1. The maximum atomic E-state index is 5.60. The lowest BCUT2D eigenvalue weighted by Gasteiger charge is -2.30. The smallest absolute Gasteiger partial charge is 0.173 e. The largest absolute Gasteiger partial charge is 0.457 e. The Hall–Kier alpha value is -0.320. The van der Waals surface area contributed by atoms with Gasteiger partial charge in [-0.05, 0) is 47.8 Å². The van der Waals surface area contributed by atoms with E-state index in [1.54, 1.807) is 6.26 Å². The van der Waals surface area contributed by atoms with E-state index in [4.69, 9.17) is 9.15 Å². The molecule has 0 aliphatic carbocycles. The summed E-state index contributed by atoms with van der Waals surface area (Å²) in [5.74, 6) is 0.546. The van der Waals surface area contributed by atoms with E-state index in [1.807, 2.05) is 6.07 Å². The van der Waals surface area contributed by atoms with Gasteiger partial charge < -0.3 is 14.5 Å². The van der Waals surface area contributed by atoms with E-state index in [-0.39, 0.29) is 0 Å². The highest BCUT2D eigenvalue weighted by atomic mass is 79.9. The third-order valence-electron chi connectivity index (χ3n) is 3.26. The Bertz CT molecular complexity index is 334. The Morgan fingerprint density at radius 3 is 3.06 bits per heavy atom. The molecule has 1 aliphatic rings. The molecule has 0 aromatic carbocycles. The molecule has 17 heavy (non-hydrogen) atoms. The predicted octanol–water partition coefficient (Wildman–Crippen LogP) is 3.51. The van der Waals surface area contributed by atoms with E-state index in [0.29, 0.717) is 12.0 Å². The van der Waals surface area contributed by atoms with Crippen LogP contribution in [0, 0.1) is 5.92 Å². The summed E-state index contributed by atoms with van der Waals surface area (Å²) >= 11 is 3.48. The molecule has 1 N–H and O–H groups in total. The van der Waals surface area contributed by atoms with Gasteiger partial charge in [0.1, 0.15) is 0 Å². The first kappa shape index (κ1) is 13.1. The van der Waals surface area contributed by atoms with Gasteiger partial charge in [0, 0.05) is 24.1 Å². The van der Waals surface area contributed by atoms with Gasteiger partial charge in [-0.1, -0.05) is 6.92 Å². The Kier molecular flexibility index (Phi) is 5.07. The number of halogens is 1. The van der Waals surface area contributed by atoms with Crippen LogP contribution in [-0.2, 0) is 4.74 Å². The summed E-state index contributed by atoms with van der Waals surface area (Å²) < 4.78 is 11.8. The molecule has 0 saturated carbocycles. The summed E-state index contributed by atoms with van der Waals surface area (Å²) in [6.07, 6.45) is 5.26. The van der Waals surface area contributed by atoms with Gasteiger partial charge in [-0.3, -0.25) is 0 Å². The zero-order valence-corrected chi connectivity index (χ0v) is 11.8. The van der Waals surface area contributed by atoms with Crippen LogP contribution in [0.5, 0.6) is 0 Å². The quantitative estimate of drug-likeness (QED) is 0.904. The molecule has 0 amide bonds. The molecule has 0 spiro atoms. The van der Waals surface area contributed by atoms with Crippen LogP contribution in [0.15, 0.2) is 21.4 Å². The second-order valence-electron chi connectivity index (χ2n) is 4.56. The highest BCUT2D eigenvalue weighted by Crippen LogP contribution is 2.33. The van der Waals surface area contributed by atoms with E-state index in [2.05, 4.69) is 28.2 Å². The lowest BCUT2D eigenvalue weighted by atomic mass is 9.90. The van der Waals surface area contributed by atoms with Crippen LogP contribution in [0.2, 0.25) is 0 Å². The highest BCUT2D eigenvalue weighted by molar-refractivity contribution is 9.10. The Labute approximate surface area is 111 Å². The fourth-order valence-electron chi connectivity index (χ4n) is 2.39. The van der Waals surface area contributed by atoms with Gasteiger partial charge in [-0.25, -0.2) is 0 Å². The monoisotopic (exact) mass is 301 g/mol. The molecule has 2 rings (SSSR count). The van der Waals surface area contributed by atoms with Gasteiger partial charge >= 0.3 is 0 Å². The Morgan fingerprint density at radius 1 is 1.59 bits per heavy atom. The minimum atomic E-state index is 0.336. The molecule has 1 aromatic rings. The standard InChI is InChI=1S/C13H20BrNO2/c1-2-6-15-12(10-4-3-7-16-9-10)11-5-8-17-13(11)14/h5,8,10,12,15H,2-4,6-7,9H2,1H3. The second-order valence-corrected chi connectivity index (χ2v) is 5.28. The van der Waals surface area contributed by atoms with E-state index < -0.39 is 0 Å². The van der Waals surface area contributed by atoms with Crippen molar-refractivity contribution >= 4 is 15.9 Å². The Balaban J connectivity index is 2.09. The summed E-state index contributed by atoms with van der Waals surface area (Å²) in [6, 6.07) is 2.38. The van der Waals surface area contributed by atoms with Crippen LogP contribution in [0.25, 0.3) is 0 Å². The lowest BCUT2D eigenvalue weighted by molar-refractivity contribution is 0.0388. The summed E-state index contributed by atoms with van der Waals surface area (Å²) in [4.78, 5) is 0. The number of nitrogens with one attached hydrogen (secondary N) is 1. The molecule has 1 aliphatic heterocycles. The average molecular weight is 302 g/mol. The molecular formula is C13H20BrNO2. The first-order valence-electron chi connectivity index (χ1n) is 6.37. The molecule has 1 saturated heterocycles. The van der Waals surface area contributed by atoms with Gasteiger partial charge in [0.2, 0.25) is 0 Å². The first-order valence-corrected chi connectivity index (χ1v) is 7.16. The van der Waals surface area contributed by atoms with Gasteiger partial charge in [0.25, 0.3) is 0 Å². The highest BCUT2D eigenvalue weighted by Gasteiger charge is 2.27. The van der Waals surface area contributed by atoms with E-state index in [9.17, 15) is 0 Å². The van der Waals surface area contributed by atoms with E-state index in [1.165, 1.54) is 12.0 Å². The minimum Gasteiger partial charge on any atom is -0.457 e. The van der Waals surface area contributed by atoms with Gasteiger partial charge in [0.15, 0.2) is 4.67 Å². The number of furan rings is 1. The molecule has 0 radical (unpaired) electrons. The second kappa shape index (κ2) is 6.57. The maximum Gasteiger partial charge on any atom is 0.173 e. The normalized spacial score (nSPS) is 22.6. The molecule has 96 valence electrons. The van der Waals surface area contributed by atoms with Crippen molar-refractivity contribution in [3.05, 3.63) is 22.6 Å². The van der Waals surface area contributed by atoms with E-state index >= 15 is 0 Å². The van der Waals surface area contributed by atoms with Crippen molar-refractivity contribution < 1.29 is 9.15 Å². The fraction of sp³-hybridized carbons (Fsp3) is 0.692. The van der Waals surface area contributed by atoms with Crippen LogP contribution >= 0.6 is 15.9 Å². The van der Waals surface area contributed by atoms with Crippen molar-refractivity contribution in [2.75, 3.05) is 19.8 Å². The van der Waals surface area contributed by atoms with Crippen molar-refractivity contribution in [2.45, 2.75) is 32.2 Å². The number of ether oxygens (including phenoxy) is 1. The molecule has 0 bridgehead atoms. The molecule has 1 aromatic heterocycles. The van der Waals surface area contributed by atoms with Gasteiger partial charge in [0.05, 0.1) is 12.9 Å². The maximum absolute atomic E-state index is 5.60. The summed E-state index contributed by atoms with van der Waals surface area (Å²) in [7, 11) is 0. The van der Waals surface area contributed by atoms with Crippen molar-refractivity contribution in [2.24, 2.45) is 5.92 Å².